The van der Waals surface area contributed by atoms with Crippen LogP contribution in [0.2, 0.25) is 0 Å². The lowest BCUT2D eigenvalue weighted by Gasteiger charge is -2.20. The summed E-state index contributed by atoms with van der Waals surface area (Å²) in [5, 5.41) is 2.58. The van der Waals surface area contributed by atoms with Crippen LogP contribution in [0.15, 0.2) is 30.3 Å². The monoisotopic (exact) mass is 338 g/mol. The molecular formula is C18H21F3N2O. The highest BCUT2D eigenvalue weighted by atomic mass is 19.4. The van der Waals surface area contributed by atoms with Gasteiger partial charge in [-0.15, -0.1) is 12.3 Å². The summed E-state index contributed by atoms with van der Waals surface area (Å²) >= 11 is 0. The molecule has 2 rings (SSSR count). The van der Waals surface area contributed by atoms with Gasteiger partial charge in [-0.1, -0.05) is 30.3 Å². The van der Waals surface area contributed by atoms with Crippen molar-refractivity contribution in [2.45, 2.75) is 25.6 Å². The maximum absolute atomic E-state index is 13.3. The maximum atomic E-state index is 13.3. The molecule has 1 aromatic carbocycles. The standard InChI is InChI=1S/C18H21F3N2O/c1-2-3-7-10-22-17(24)15-12-23(13-16(15)18(19,20)21)11-14-8-5-4-6-9-14/h1,4-6,8-9,15-16H,3,7,10-13H2,(H,22,24). The number of rotatable bonds is 6. The molecule has 0 radical (unpaired) electrons. The van der Waals surface area contributed by atoms with E-state index in [1.807, 2.05) is 30.3 Å². The van der Waals surface area contributed by atoms with E-state index in [1.54, 1.807) is 4.90 Å². The summed E-state index contributed by atoms with van der Waals surface area (Å²) in [5.41, 5.74) is 0.938. The molecule has 1 N–H and O–H groups in total. The van der Waals surface area contributed by atoms with Crippen LogP contribution in [0.3, 0.4) is 0 Å². The molecule has 2 atom stereocenters. The number of nitrogens with one attached hydrogen (secondary N) is 1. The predicted molar refractivity (Wildman–Crippen MR) is 85.8 cm³/mol. The predicted octanol–water partition coefficient (Wildman–Crippen LogP) is 2.83. The zero-order valence-corrected chi connectivity index (χ0v) is 13.4. The molecule has 0 saturated carbocycles. The fourth-order valence-electron chi connectivity index (χ4n) is 2.99. The molecule has 6 heteroatoms. The van der Waals surface area contributed by atoms with Crippen molar-refractivity contribution in [2.24, 2.45) is 11.8 Å². The number of halogens is 3. The minimum absolute atomic E-state index is 0.111. The topological polar surface area (TPSA) is 32.3 Å². The van der Waals surface area contributed by atoms with Gasteiger partial charge in [-0.2, -0.15) is 13.2 Å². The van der Waals surface area contributed by atoms with Crippen LogP contribution in [0.1, 0.15) is 18.4 Å². The number of amides is 1. The second-order valence-electron chi connectivity index (χ2n) is 6.03. The smallest absolute Gasteiger partial charge is 0.356 e. The third-order valence-corrected chi connectivity index (χ3v) is 4.20. The van der Waals surface area contributed by atoms with Crippen LogP contribution < -0.4 is 5.32 Å². The minimum atomic E-state index is -4.38. The molecule has 0 aromatic heterocycles. The van der Waals surface area contributed by atoms with Gasteiger partial charge in [0.05, 0.1) is 11.8 Å². The number of carbonyl (C=O) groups excluding carboxylic acids is 1. The van der Waals surface area contributed by atoms with Crippen molar-refractivity contribution in [3.63, 3.8) is 0 Å². The molecule has 0 aliphatic carbocycles. The maximum Gasteiger partial charge on any atom is 0.393 e. The normalized spacial score (nSPS) is 21.4. The minimum Gasteiger partial charge on any atom is -0.356 e. The Morgan fingerprint density at radius 1 is 1.29 bits per heavy atom. The molecule has 130 valence electrons. The van der Waals surface area contributed by atoms with Gasteiger partial charge in [0.1, 0.15) is 0 Å². The highest BCUT2D eigenvalue weighted by molar-refractivity contribution is 5.79. The zero-order valence-electron chi connectivity index (χ0n) is 13.4. The quantitative estimate of drug-likeness (QED) is 0.639. The van der Waals surface area contributed by atoms with Crippen molar-refractivity contribution in [3.8, 4) is 12.3 Å². The van der Waals surface area contributed by atoms with Crippen LogP contribution in [0.25, 0.3) is 0 Å². The molecule has 0 spiro atoms. The Morgan fingerprint density at radius 3 is 2.62 bits per heavy atom. The van der Waals surface area contributed by atoms with Crippen molar-refractivity contribution in [3.05, 3.63) is 35.9 Å². The summed E-state index contributed by atoms with van der Waals surface area (Å²) < 4.78 is 39.9. The Balaban J connectivity index is 1.99. The highest BCUT2D eigenvalue weighted by Gasteiger charge is 2.52. The van der Waals surface area contributed by atoms with E-state index in [0.29, 0.717) is 25.9 Å². The number of alkyl halides is 3. The van der Waals surface area contributed by atoms with Gasteiger partial charge >= 0.3 is 6.18 Å². The van der Waals surface area contributed by atoms with Crippen molar-refractivity contribution >= 4 is 5.91 Å². The van der Waals surface area contributed by atoms with E-state index in [-0.39, 0.29) is 13.1 Å². The van der Waals surface area contributed by atoms with Gasteiger partial charge in [0.25, 0.3) is 0 Å². The Labute approximate surface area is 140 Å². The fourth-order valence-corrected chi connectivity index (χ4v) is 2.99. The molecule has 2 unspecified atom stereocenters. The van der Waals surface area contributed by atoms with E-state index < -0.39 is 23.9 Å². The van der Waals surface area contributed by atoms with Crippen LogP contribution >= 0.6 is 0 Å². The van der Waals surface area contributed by atoms with E-state index in [4.69, 9.17) is 6.42 Å². The third-order valence-electron chi connectivity index (χ3n) is 4.20. The zero-order chi connectivity index (χ0) is 17.6. The third kappa shape index (κ3) is 5.00. The lowest BCUT2D eigenvalue weighted by molar-refractivity contribution is -0.183. The molecule has 1 saturated heterocycles. The average molecular weight is 338 g/mol. The van der Waals surface area contributed by atoms with Crippen LogP contribution in [0.4, 0.5) is 13.2 Å². The second kappa shape index (κ2) is 8.20. The molecule has 1 aromatic rings. The Morgan fingerprint density at radius 2 is 2.00 bits per heavy atom. The van der Waals surface area contributed by atoms with E-state index in [1.165, 1.54) is 0 Å². The SMILES string of the molecule is C#CCCCNC(=O)C1CN(Cc2ccccc2)CC1C(F)(F)F. The van der Waals surface area contributed by atoms with Crippen LogP contribution in [0.5, 0.6) is 0 Å². The second-order valence-corrected chi connectivity index (χ2v) is 6.03. The van der Waals surface area contributed by atoms with E-state index in [0.717, 1.165) is 5.56 Å². The van der Waals surface area contributed by atoms with Crippen LogP contribution in [-0.2, 0) is 11.3 Å². The van der Waals surface area contributed by atoms with Gasteiger partial charge in [0.15, 0.2) is 0 Å². The van der Waals surface area contributed by atoms with Crippen molar-refractivity contribution in [2.75, 3.05) is 19.6 Å². The van der Waals surface area contributed by atoms with Crippen molar-refractivity contribution in [1.29, 1.82) is 0 Å². The highest BCUT2D eigenvalue weighted by Crippen LogP contribution is 2.38. The molecule has 24 heavy (non-hydrogen) atoms. The Bertz CT molecular complexity index is 580. The molecule has 1 aliphatic heterocycles. The van der Waals surface area contributed by atoms with Gasteiger partial charge in [-0.05, 0) is 12.0 Å². The summed E-state index contributed by atoms with van der Waals surface area (Å²) in [6, 6.07) is 9.30. The molecule has 1 heterocycles. The number of nitrogens with zero attached hydrogens (tertiary/aromatic N) is 1. The largest absolute Gasteiger partial charge is 0.393 e. The number of benzene rings is 1. The van der Waals surface area contributed by atoms with E-state index >= 15 is 0 Å². The first-order valence-electron chi connectivity index (χ1n) is 7.96. The van der Waals surface area contributed by atoms with Crippen LogP contribution in [0, 0.1) is 24.2 Å². The van der Waals surface area contributed by atoms with E-state index in [9.17, 15) is 18.0 Å². The average Bonchev–Trinajstić information content (AvgIpc) is 2.96. The fraction of sp³-hybridized carbons (Fsp3) is 0.500. The first-order chi connectivity index (χ1) is 11.4. The summed E-state index contributed by atoms with van der Waals surface area (Å²) in [5.74, 6) is -0.799. The Kier molecular flexibility index (Phi) is 6.27. The lowest BCUT2D eigenvalue weighted by atomic mass is 9.94. The summed E-state index contributed by atoms with van der Waals surface area (Å²) in [7, 11) is 0. The molecule has 1 aliphatic rings. The van der Waals surface area contributed by atoms with Gasteiger partial charge in [-0.25, -0.2) is 0 Å². The van der Waals surface area contributed by atoms with Crippen molar-refractivity contribution in [1.82, 2.24) is 10.2 Å². The number of hydrogen-bond acceptors (Lipinski definition) is 2. The number of likely N-dealkylation sites (tertiary alicyclic amines) is 1. The van der Waals surface area contributed by atoms with Crippen LogP contribution in [-0.4, -0.2) is 36.6 Å². The van der Waals surface area contributed by atoms with Gasteiger partial charge in [0.2, 0.25) is 5.91 Å². The lowest BCUT2D eigenvalue weighted by Crippen LogP contribution is -2.40. The Hall–Kier alpha value is -2.00. The van der Waals surface area contributed by atoms with Gasteiger partial charge < -0.3 is 5.32 Å². The number of unbranched alkanes of at least 4 members (excludes halogenated alkanes) is 1. The molecule has 1 fully saturated rings. The first-order valence-corrected chi connectivity index (χ1v) is 7.96. The summed E-state index contributed by atoms with van der Waals surface area (Å²) in [6.07, 6.45) is 1.80. The number of terminal acetylenes is 1. The van der Waals surface area contributed by atoms with Gasteiger partial charge in [-0.3, -0.25) is 9.69 Å². The summed E-state index contributed by atoms with van der Waals surface area (Å²) in [4.78, 5) is 13.9. The van der Waals surface area contributed by atoms with Crippen molar-refractivity contribution < 1.29 is 18.0 Å². The van der Waals surface area contributed by atoms with Gasteiger partial charge in [0, 0.05) is 32.6 Å². The molecule has 0 bridgehead atoms. The number of hydrogen-bond donors (Lipinski definition) is 1. The summed E-state index contributed by atoms with van der Waals surface area (Å²) in [6.45, 7) is 0.679. The number of carbonyl (C=O) groups is 1. The first kappa shape index (κ1) is 18.3. The molecule has 3 nitrogen and oxygen atoms in total. The molecule has 1 amide bonds. The molecular weight excluding hydrogens is 317 g/mol. The van der Waals surface area contributed by atoms with E-state index in [2.05, 4.69) is 11.2 Å².